The number of thiophene rings is 1. The lowest BCUT2D eigenvalue weighted by atomic mass is 9.90. The van der Waals surface area contributed by atoms with Gasteiger partial charge in [-0.2, -0.15) is 0 Å². The van der Waals surface area contributed by atoms with Crippen molar-refractivity contribution >= 4 is 34.8 Å². The second-order valence-corrected chi connectivity index (χ2v) is 11.3. The number of fused-ring (bicyclic) bond motifs is 1. The predicted molar refractivity (Wildman–Crippen MR) is 135 cm³/mol. The van der Waals surface area contributed by atoms with Crippen LogP contribution in [0.25, 0.3) is 0 Å². The smallest absolute Gasteiger partial charge is 0.236 e. The number of carbonyl (C=O) groups is 2. The number of hydrogen-bond donors (Lipinski definition) is 0. The summed E-state index contributed by atoms with van der Waals surface area (Å²) in [5.41, 5.74) is 3.27. The van der Waals surface area contributed by atoms with Crippen LogP contribution >= 0.6 is 22.9 Å². The summed E-state index contributed by atoms with van der Waals surface area (Å²) in [6.07, 6.45) is 0.981. The van der Waals surface area contributed by atoms with E-state index in [0.29, 0.717) is 26.2 Å². The van der Waals surface area contributed by atoms with E-state index >= 15 is 0 Å². The van der Waals surface area contributed by atoms with Crippen molar-refractivity contribution in [3.8, 4) is 0 Å². The third-order valence-corrected chi connectivity index (χ3v) is 8.71. The van der Waals surface area contributed by atoms with Gasteiger partial charge in [-0.15, -0.1) is 22.9 Å². The first-order valence-corrected chi connectivity index (χ1v) is 13.1. The van der Waals surface area contributed by atoms with E-state index in [9.17, 15) is 9.59 Å². The third-order valence-electron chi connectivity index (χ3n) is 7.04. The number of rotatable bonds is 5. The van der Waals surface area contributed by atoms with Crippen LogP contribution in [0.1, 0.15) is 48.4 Å². The summed E-state index contributed by atoms with van der Waals surface area (Å²) in [6.45, 7) is 10.9. The number of amides is 2. The van der Waals surface area contributed by atoms with Crippen LogP contribution in [0.5, 0.6) is 0 Å². The molecule has 2 aliphatic heterocycles. The van der Waals surface area contributed by atoms with Gasteiger partial charge in [0, 0.05) is 43.0 Å². The minimum atomic E-state index is -0.588. The number of piperazine rings is 1. The topological polar surface area (TPSA) is 43.9 Å². The second kappa shape index (κ2) is 9.77. The Bertz CT molecular complexity index is 1020. The number of alkyl halides is 1. The van der Waals surface area contributed by atoms with Crippen LogP contribution in [0, 0.1) is 12.3 Å². The quantitative estimate of drug-likeness (QED) is 0.590. The SMILES string of the molecule is Cc1ccccc1[C@H]1c2ccsc2CCN1CC(=O)N1CCN(C(=O)C(C)(C)CCl)[C@@H](C)C1. The van der Waals surface area contributed by atoms with E-state index in [1.54, 1.807) is 0 Å². The molecule has 0 spiro atoms. The summed E-state index contributed by atoms with van der Waals surface area (Å²) in [4.78, 5) is 33.9. The molecule has 0 N–H and O–H groups in total. The summed E-state index contributed by atoms with van der Waals surface area (Å²) in [5.74, 6) is 0.498. The first-order chi connectivity index (χ1) is 15.7. The standard InChI is InChI=1S/C26H34ClN3O2S/c1-18-7-5-6-8-20(18)24-21-10-14-33-22(21)9-11-29(24)16-23(31)28-12-13-30(19(2)15-28)25(32)26(3,4)17-27/h5-8,10,14,19,24H,9,11-13,15-17H2,1-4H3/t19-,24-/m0/s1. The minimum Gasteiger partial charge on any atom is -0.338 e. The second-order valence-electron chi connectivity index (χ2n) is 9.98. The molecule has 0 radical (unpaired) electrons. The molecular formula is C26H34ClN3O2S. The van der Waals surface area contributed by atoms with E-state index in [0.717, 1.165) is 13.0 Å². The Morgan fingerprint density at radius 2 is 1.88 bits per heavy atom. The van der Waals surface area contributed by atoms with E-state index in [1.165, 1.54) is 21.6 Å². The first-order valence-electron chi connectivity index (χ1n) is 11.7. The van der Waals surface area contributed by atoms with Crippen molar-refractivity contribution in [1.29, 1.82) is 0 Å². The average molecular weight is 488 g/mol. The molecule has 0 bridgehead atoms. The van der Waals surface area contributed by atoms with Crippen molar-refractivity contribution in [3.63, 3.8) is 0 Å². The molecule has 1 aromatic carbocycles. The fourth-order valence-corrected chi connectivity index (χ4v) is 6.02. The van der Waals surface area contributed by atoms with Crippen LogP contribution in [0.3, 0.4) is 0 Å². The molecule has 1 saturated heterocycles. The van der Waals surface area contributed by atoms with Crippen molar-refractivity contribution in [3.05, 3.63) is 57.3 Å². The van der Waals surface area contributed by atoms with Crippen molar-refractivity contribution in [2.45, 2.75) is 46.2 Å². The Morgan fingerprint density at radius 1 is 1.12 bits per heavy atom. The first kappa shape index (κ1) is 24.2. The Morgan fingerprint density at radius 3 is 2.58 bits per heavy atom. The Labute approximate surface area is 206 Å². The molecular weight excluding hydrogens is 454 g/mol. The molecule has 2 atom stereocenters. The lowest BCUT2D eigenvalue weighted by Crippen LogP contribution is -2.59. The van der Waals surface area contributed by atoms with Crippen molar-refractivity contribution in [2.24, 2.45) is 5.41 Å². The maximum absolute atomic E-state index is 13.4. The highest BCUT2D eigenvalue weighted by Crippen LogP contribution is 2.38. The van der Waals surface area contributed by atoms with Gasteiger partial charge in [-0.05, 0) is 62.3 Å². The summed E-state index contributed by atoms with van der Waals surface area (Å²) in [6, 6.07) is 10.8. The molecule has 2 amide bonds. The van der Waals surface area contributed by atoms with Gasteiger partial charge in [-0.25, -0.2) is 0 Å². The zero-order chi connectivity index (χ0) is 23.8. The van der Waals surface area contributed by atoms with Crippen LogP contribution in [0.15, 0.2) is 35.7 Å². The molecule has 2 aliphatic rings. The maximum atomic E-state index is 13.4. The highest BCUT2D eigenvalue weighted by atomic mass is 35.5. The van der Waals surface area contributed by atoms with Crippen LogP contribution in [0.2, 0.25) is 0 Å². The fraction of sp³-hybridized carbons (Fsp3) is 0.538. The normalized spacial score (nSPS) is 21.7. The lowest BCUT2D eigenvalue weighted by Gasteiger charge is -2.44. The number of benzene rings is 1. The van der Waals surface area contributed by atoms with Crippen LogP contribution < -0.4 is 0 Å². The monoisotopic (exact) mass is 487 g/mol. The predicted octanol–water partition coefficient (Wildman–Crippen LogP) is 4.33. The molecule has 0 aliphatic carbocycles. The van der Waals surface area contributed by atoms with Crippen LogP contribution in [0.4, 0.5) is 0 Å². The fourth-order valence-electron chi connectivity index (χ4n) is 5.00. The summed E-state index contributed by atoms with van der Waals surface area (Å²) in [7, 11) is 0. The lowest BCUT2D eigenvalue weighted by molar-refractivity contribution is -0.148. The molecule has 2 aromatic rings. The third kappa shape index (κ3) is 4.84. The van der Waals surface area contributed by atoms with Gasteiger partial charge in [0.2, 0.25) is 11.8 Å². The van der Waals surface area contributed by atoms with Crippen molar-refractivity contribution in [2.75, 3.05) is 38.6 Å². The highest BCUT2D eigenvalue weighted by Gasteiger charge is 2.38. The van der Waals surface area contributed by atoms with Gasteiger partial charge in [0.15, 0.2) is 0 Å². The van der Waals surface area contributed by atoms with Gasteiger partial charge >= 0.3 is 0 Å². The van der Waals surface area contributed by atoms with E-state index in [4.69, 9.17) is 11.6 Å². The number of hydrogen-bond acceptors (Lipinski definition) is 4. The van der Waals surface area contributed by atoms with Crippen molar-refractivity contribution < 1.29 is 9.59 Å². The minimum absolute atomic E-state index is 0.0188. The van der Waals surface area contributed by atoms with Gasteiger partial charge in [-0.3, -0.25) is 14.5 Å². The number of halogens is 1. The molecule has 33 heavy (non-hydrogen) atoms. The maximum Gasteiger partial charge on any atom is 0.236 e. The van der Waals surface area contributed by atoms with E-state index in [-0.39, 0.29) is 29.8 Å². The summed E-state index contributed by atoms with van der Waals surface area (Å²) < 4.78 is 0. The Balaban J connectivity index is 1.48. The summed E-state index contributed by atoms with van der Waals surface area (Å²) >= 11 is 7.85. The molecule has 4 rings (SSSR count). The molecule has 0 unspecified atom stereocenters. The van der Waals surface area contributed by atoms with Gasteiger partial charge < -0.3 is 9.80 Å². The molecule has 1 fully saturated rings. The molecule has 0 saturated carbocycles. The molecule has 3 heterocycles. The van der Waals surface area contributed by atoms with E-state index in [1.807, 2.05) is 41.9 Å². The Kier molecular flexibility index (Phi) is 7.18. The summed E-state index contributed by atoms with van der Waals surface area (Å²) in [5, 5.41) is 2.17. The number of aryl methyl sites for hydroxylation is 1. The number of carbonyl (C=O) groups excluding carboxylic acids is 2. The van der Waals surface area contributed by atoms with Crippen LogP contribution in [-0.2, 0) is 16.0 Å². The van der Waals surface area contributed by atoms with Gasteiger partial charge in [0.1, 0.15) is 0 Å². The average Bonchev–Trinajstić information content (AvgIpc) is 3.28. The van der Waals surface area contributed by atoms with E-state index < -0.39 is 5.41 Å². The Hall–Kier alpha value is -1.89. The van der Waals surface area contributed by atoms with E-state index in [2.05, 4.69) is 47.5 Å². The largest absolute Gasteiger partial charge is 0.338 e. The number of nitrogens with zero attached hydrogens (tertiary/aromatic N) is 3. The van der Waals surface area contributed by atoms with Crippen molar-refractivity contribution in [1.82, 2.24) is 14.7 Å². The zero-order valence-electron chi connectivity index (χ0n) is 20.0. The molecule has 1 aromatic heterocycles. The van der Waals surface area contributed by atoms with Gasteiger partial charge in [0.05, 0.1) is 18.0 Å². The van der Waals surface area contributed by atoms with Gasteiger partial charge in [-0.1, -0.05) is 24.3 Å². The molecule has 178 valence electrons. The molecule has 5 nitrogen and oxygen atoms in total. The zero-order valence-corrected chi connectivity index (χ0v) is 21.6. The van der Waals surface area contributed by atoms with Crippen LogP contribution in [-0.4, -0.2) is 71.2 Å². The highest BCUT2D eigenvalue weighted by molar-refractivity contribution is 7.10. The molecule has 7 heteroatoms. The van der Waals surface area contributed by atoms with Gasteiger partial charge in [0.25, 0.3) is 0 Å².